The van der Waals surface area contributed by atoms with Crippen molar-refractivity contribution < 1.29 is 8.81 Å². The van der Waals surface area contributed by atoms with Crippen molar-refractivity contribution in [2.24, 2.45) is 0 Å². The summed E-state index contributed by atoms with van der Waals surface area (Å²) in [6, 6.07) is 13.4. The van der Waals surface area contributed by atoms with E-state index in [0.717, 1.165) is 11.8 Å². The average molecular weight is 361 g/mol. The van der Waals surface area contributed by atoms with Gasteiger partial charge in [0.25, 0.3) is 0 Å². The van der Waals surface area contributed by atoms with Crippen LogP contribution in [0.5, 0.6) is 0 Å². The van der Waals surface area contributed by atoms with Crippen molar-refractivity contribution in [2.75, 3.05) is 5.33 Å². The van der Waals surface area contributed by atoms with Gasteiger partial charge in [-0.05, 0) is 24.6 Å². The monoisotopic (exact) mass is 360 g/mol. The molecule has 0 aliphatic carbocycles. The Morgan fingerprint density at radius 2 is 1.77 bits per heavy atom. The molecule has 3 rings (SSSR count). The average Bonchev–Trinajstić information content (AvgIpc) is 2.54. The predicted molar refractivity (Wildman–Crippen MR) is 90.0 cm³/mol. The van der Waals surface area contributed by atoms with Gasteiger partial charge in [-0.1, -0.05) is 46.3 Å². The Balaban J connectivity index is 2.33. The number of alkyl halides is 1. The normalized spacial score (nSPS) is 11.0. The molecule has 3 aromatic rings. The molecule has 0 spiro atoms. The zero-order valence-corrected chi connectivity index (χ0v) is 13.4. The van der Waals surface area contributed by atoms with E-state index in [1.807, 2.05) is 6.07 Å². The van der Waals surface area contributed by atoms with Crippen LogP contribution in [-0.4, -0.2) is 5.33 Å². The van der Waals surface area contributed by atoms with E-state index in [4.69, 9.17) is 4.42 Å². The molecule has 0 amide bonds. The van der Waals surface area contributed by atoms with Crippen LogP contribution in [0.25, 0.3) is 22.1 Å². The van der Waals surface area contributed by atoms with Gasteiger partial charge in [0.1, 0.15) is 17.2 Å². The third-order valence-electron chi connectivity index (χ3n) is 3.55. The number of hydrogen-bond donors (Lipinski definition) is 0. The molecule has 0 aliphatic heterocycles. The second-order valence-corrected chi connectivity index (χ2v) is 5.79. The van der Waals surface area contributed by atoms with Gasteiger partial charge in [-0.25, -0.2) is 4.39 Å². The van der Waals surface area contributed by atoms with E-state index in [0.29, 0.717) is 34.3 Å². The van der Waals surface area contributed by atoms with E-state index in [1.165, 1.54) is 6.07 Å². The van der Waals surface area contributed by atoms with Crippen LogP contribution in [0.15, 0.2) is 57.7 Å². The second kappa shape index (κ2) is 6.44. The molecular formula is C18H14BrFO2. The standard InChI is InChI=1S/C18H14BrFO2/c19-11-5-10-16-17(12-6-1-3-8-14(12)20)18(21)13-7-2-4-9-15(13)22-16/h1-4,6-9H,5,10-11H2. The quantitative estimate of drug-likeness (QED) is 0.617. The molecule has 0 atom stereocenters. The van der Waals surface area contributed by atoms with E-state index in [-0.39, 0.29) is 5.43 Å². The lowest BCUT2D eigenvalue weighted by molar-refractivity contribution is 0.534. The zero-order chi connectivity index (χ0) is 15.5. The number of para-hydroxylation sites is 1. The number of fused-ring (bicyclic) bond motifs is 1. The van der Waals surface area contributed by atoms with Gasteiger partial charge in [-0.15, -0.1) is 0 Å². The fourth-order valence-corrected chi connectivity index (χ4v) is 2.81. The van der Waals surface area contributed by atoms with Crippen LogP contribution in [0, 0.1) is 5.82 Å². The summed E-state index contributed by atoms with van der Waals surface area (Å²) in [6.45, 7) is 0. The lowest BCUT2D eigenvalue weighted by Crippen LogP contribution is -2.10. The minimum Gasteiger partial charge on any atom is -0.460 e. The highest BCUT2D eigenvalue weighted by molar-refractivity contribution is 9.09. The van der Waals surface area contributed by atoms with Crippen molar-refractivity contribution in [1.82, 2.24) is 0 Å². The van der Waals surface area contributed by atoms with Gasteiger partial charge in [0.2, 0.25) is 5.43 Å². The summed E-state index contributed by atoms with van der Waals surface area (Å²) in [7, 11) is 0. The first-order valence-corrected chi connectivity index (χ1v) is 8.20. The molecule has 112 valence electrons. The third kappa shape index (κ3) is 2.71. The van der Waals surface area contributed by atoms with Crippen LogP contribution in [0.2, 0.25) is 0 Å². The van der Waals surface area contributed by atoms with Crippen molar-refractivity contribution in [2.45, 2.75) is 12.8 Å². The van der Waals surface area contributed by atoms with E-state index in [9.17, 15) is 9.18 Å². The van der Waals surface area contributed by atoms with Gasteiger partial charge in [-0.3, -0.25) is 4.79 Å². The SMILES string of the molecule is O=c1c(-c2ccccc2F)c(CCCBr)oc2ccccc12. The molecule has 2 aromatic carbocycles. The number of halogens is 2. The van der Waals surface area contributed by atoms with Crippen LogP contribution in [0.3, 0.4) is 0 Å². The lowest BCUT2D eigenvalue weighted by Gasteiger charge is -2.10. The van der Waals surface area contributed by atoms with E-state index >= 15 is 0 Å². The van der Waals surface area contributed by atoms with Crippen molar-refractivity contribution in [3.05, 3.63) is 70.3 Å². The highest BCUT2D eigenvalue weighted by Gasteiger charge is 2.18. The number of aryl methyl sites for hydroxylation is 1. The first kappa shape index (κ1) is 15.0. The summed E-state index contributed by atoms with van der Waals surface area (Å²) in [5, 5.41) is 1.27. The first-order valence-electron chi connectivity index (χ1n) is 7.08. The summed E-state index contributed by atoms with van der Waals surface area (Å²) in [5.74, 6) is 0.124. The van der Waals surface area contributed by atoms with Crippen molar-refractivity contribution >= 4 is 26.9 Å². The fraction of sp³-hybridized carbons (Fsp3) is 0.167. The zero-order valence-electron chi connectivity index (χ0n) is 11.8. The topological polar surface area (TPSA) is 30.2 Å². The minimum atomic E-state index is -0.412. The predicted octanol–water partition coefficient (Wildman–Crippen LogP) is 4.93. The van der Waals surface area contributed by atoms with E-state index in [2.05, 4.69) is 15.9 Å². The van der Waals surface area contributed by atoms with Crippen LogP contribution in [-0.2, 0) is 6.42 Å². The molecule has 0 saturated carbocycles. The Kier molecular flexibility index (Phi) is 4.39. The van der Waals surface area contributed by atoms with Crippen LogP contribution in [0.1, 0.15) is 12.2 Å². The molecule has 0 radical (unpaired) electrons. The molecule has 4 heteroatoms. The molecule has 0 unspecified atom stereocenters. The van der Waals surface area contributed by atoms with Gasteiger partial charge >= 0.3 is 0 Å². The van der Waals surface area contributed by atoms with Gasteiger partial charge < -0.3 is 4.42 Å². The fourth-order valence-electron chi connectivity index (χ4n) is 2.53. The molecule has 0 aliphatic rings. The second-order valence-electron chi connectivity index (χ2n) is 5.00. The largest absolute Gasteiger partial charge is 0.460 e. The number of rotatable bonds is 4. The first-order chi connectivity index (χ1) is 10.7. The Bertz CT molecular complexity index is 870. The Morgan fingerprint density at radius 1 is 1.05 bits per heavy atom. The Hall–Kier alpha value is -1.94. The highest BCUT2D eigenvalue weighted by Crippen LogP contribution is 2.27. The summed E-state index contributed by atoms with van der Waals surface area (Å²) in [4.78, 5) is 12.8. The maximum absolute atomic E-state index is 14.2. The van der Waals surface area contributed by atoms with Gasteiger partial charge in [-0.2, -0.15) is 0 Å². The molecule has 0 N–H and O–H groups in total. The van der Waals surface area contributed by atoms with Gasteiger partial charge in [0.05, 0.1) is 10.9 Å². The number of benzene rings is 2. The van der Waals surface area contributed by atoms with Gasteiger partial charge in [0, 0.05) is 17.3 Å². The van der Waals surface area contributed by atoms with Crippen LogP contribution < -0.4 is 5.43 Å². The third-order valence-corrected chi connectivity index (χ3v) is 4.11. The molecular weight excluding hydrogens is 347 g/mol. The van der Waals surface area contributed by atoms with E-state index in [1.54, 1.807) is 36.4 Å². The molecule has 0 saturated heterocycles. The summed E-state index contributed by atoms with van der Waals surface area (Å²) in [5.41, 5.74) is 0.984. The number of hydrogen-bond acceptors (Lipinski definition) is 2. The molecule has 2 nitrogen and oxygen atoms in total. The molecule has 0 fully saturated rings. The van der Waals surface area contributed by atoms with Gasteiger partial charge in [0.15, 0.2) is 0 Å². The molecule has 1 heterocycles. The maximum atomic E-state index is 14.2. The van der Waals surface area contributed by atoms with Crippen molar-refractivity contribution in [3.63, 3.8) is 0 Å². The van der Waals surface area contributed by atoms with Crippen molar-refractivity contribution in [1.29, 1.82) is 0 Å². The summed E-state index contributed by atoms with van der Waals surface area (Å²) < 4.78 is 20.1. The summed E-state index contributed by atoms with van der Waals surface area (Å²) >= 11 is 3.38. The van der Waals surface area contributed by atoms with E-state index < -0.39 is 5.82 Å². The van der Waals surface area contributed by atoms with Crippen molar-refractivity contribution in [3.8, 4) is 11.1 Å². The minimum absolute atomic E-state index is 0.184. The smallest absolute Gasteiger partial charge is 0.200 e. The van der Waals surface area contributed by atoms with Crippen LogP contribution in [0.4, 0.5) is 4.39 Å². The Labute approximate surface area is 135 Å². The maximum Gasteiger partial charge on any atom is 0.200 e. The summed E-state index contributed by atoms with van der Waals surface area (Å²) in [6.07, 6.45) is 1.39. The lowest BCUT2D eigenvalue weighted by atomic mass is 9.99. The molecule has 1 aromatic heterocycles. The molecule has 22 heavy (non-hydrogen) atoms. The Morgan fingerprint density at radius 3 is 2.55 bits per heavy atom. The van der Waals surface area contributed by atoms with Crippen LogP contribution >= 0.6 is 15.9 Å². The molecule has 0 bridgehead atoms. The highest BCUT2D eigenvalue weighted by atomic mass is 79.9.